The zero-order valence-electron chi connectivity index (χ0n) is 12.7. The SMILES string of the molecule is CCCNC(CC1CCC1)c1snnc1C(C)(C)C. The van der Waals surface area contributed by atoms with Gasteiger partial charge >= 0.3 is 0 Å². The van der Waals surface area contributed by atoms with Crippen molar-refractivity contribution in [3.8, 4) is 0 Å². The molecule has 1 heterocycles. The van der Waals surface area contributed by atoms with E-state index in [1.807, 2.05) is 0 Å². The summed E-state index contributed by atoms with van der Waals surface area (Å²) in [5.41, 5.74) is 1.28. The van der Waals surface area contributed by atoms with Crippen molar-refractivity contribution in [3.63, 3.8) is 0 Å². The van der Waals surface area contributed by atoms with Crippen LogP contribution in [-0.2, 0) is 5.41 Å². The Morgan fingerprint density at radius 2 is 2.11 bits per heavy atom. The minimum atomic E-state index is 0.0914. The summed E-state index contributed by atoms with van der Waals surface area (Å²) in [6.45, 7) is 10.00. The average Bonchev–Trinajstić information content (AvgIpc) is 2.75. The van der Waals surface area contributed by atoms with E-state index in [2.05, 4.69) is 42.6 Å². The highest BCUT2D eigenvalue weighted by Gasteiger charge is 2.30. The molecule has 0 bridgehead atoms. The van der Waals surface area contributed by atoms with Crippen LogP contribution in [0.15, 0.2) is 0 Å². The van der Waals surface area contributed by atoms with Gasteiger partial charge in [0, 0.05) is 11.5 Å². The van der Waals surface area contributed by atoms with Crippen LogP contribution >= 0.6 is 11.5 Å². The highest BCUT2D eigenvalue weighted by molar-refractivity contribution is 7.05. The molecule has 1 aromatic rings. The summed E-state index contributed by atoms with van der Waals surface area (Å²) in [4.78, 5) is 1.37. The van der Waals surface area contributed by atoms with E-state index in [0.717, 1.165) is 12.5 Å². The monoisotopic (exact) mass is 281 g/mol. The van der Waals surface area contributed by atoms with Gasteiger partial charge in [0.25, 0.3) is 0 Å². The zero-order valence-corrected chi connectivity index (χ0v) is 13.5. The maximum atomic E-state index is 4.40. The Morgan fingerprint density at radius 1 is 1.37 bits per heavy atom. The molecule has 1 aromatic heterocycles. The van der Waals surface area contributed by atoms with Crippen molar-refractivity contribution in [1.29, 1.82) is 0 Å². The molecule has 0 amide bonds. The lowest BCUT2D eigenvalue weighted by Gasteiger charge is -2.31. The van der Waals surface area contributed by atoms with Crippen LogP contribution in [0.25, 0.3) is 0 Å². The second kappa shape index (κ2) is 6.31. The van der Waals surface area contributed by atoms with Gasteiger partial charge in [-0.25, -0.2) is 0 Å². The molecule has 1 atom stereocenters. The number of aromatic nitrogens is 2. The lowest BCUT2D eigenvalue weighted by Crippen LogP contribution is -2.28. The maximum Gasteiger partial charge on any atom is 0.0857 e. The predicted molar refractivity (Wildman–Crippen MR) is 81.6 cm³/mol. The molecule has 3 nitrogen and oxygen atoms in total. The molecule has 1 unspecified atom stereocenters. The van der Waals surface area contributed by atoms with E-state index < -0.39 is 0 Å². The third-order valence-electron chi connectivity index (χ3n) is 3.97. The normalized spacial score (nSPS) is 18.3. The van der Waals surface area contributed by atoms with Gasteiger partial charge < -0.3 is 5.32 Å². The maximum absolute atomic E-state index is 4.40. The Balaban J connectivity index is 2.14. The van der Waals surface area contributed by atoms with E-state index >= 15 is 0 Å². The molecule has 108 valence electrons. The molecule has 1 saturated carbocycles. The van der Waals surface area contributed by atoms with Crippen molar-refractivity contribution >= 4 is 11.5 Å². The van der Waals surface area contributed by atoms with Crippen LogP contribution in [0.4, 0.5) is 0 Å². The van der Waals surface area contributed by atoms with Gasteiger partial charge in [-0.1, -0.05) is 51.4 Å². The first-order valence-electron chi connectivity index (χ1n) is 7.58. The fourth-order valence-corrected chi connectivity index (χ4v) is 3.56. The largest absolute Gasteiger partial charge is 0.309 e. The minimum Gasteiger partial charge on any atom is -0.309 e. The fourth-order valence-electron chi connectivity index (χ4n) is 2.61. The molecule has 1 aliphatic carbocycles. The van der Waals surface area contributed by atoms with Gasteiger partial charge in [-0.15, -0.1) is 5.10 Å². The van der Waals surface area contributed by atoms with Gasteiger partial charge in [-0.2, -0.15) is 0 Å². The summed E-state index contributed by atoms with van der Waals surface area (Å²) >= 11 is 1.59. The first kappa shape index (κ1) is 14.9. The van der Waals surface area contributed by atoms with Crippen LogP contribution in [0.5, 0.6) is 0 Å². The van der Waals surface area contributed by atoms with Gasteiger partial charge in [0.1, 0.15) is 0 Å². The Morgan fingerprint density at radius 3 is 2.63 bits per heavy atom. The van der Waals surface area contributed by atoms with Gasteiger partial charge in [-0.3, -0.25) is 0 Å². The lowest BCUT2D eigenvalue weighted by atomic mass is 9.79. The molecule has 1 N–H and O–H groups in total. The van der Waals surface area contributed by atoms with E-state index in [0.29, 0.717) is 6.04 Å². The third kappa shape index (κ3) is 3.76. The summed E-state index contributed by atoms with van der Waals surface area (Å²) in [7, 11) is 0. The van der Waals surface area contributed by atoms with Crippen LogP contribution in [0.2, 0.25) is 0 Å². The molecule has 19 heavy (non-hydrogen) atoms. The van der Waals surface area contributed by atoms with Crippen molar-refractivity contribution < 1.29 is 0 Å². The summed E-state index contributed by atoms with van der Waals surface area (Å²) in [5.74, 6) is 0.907. The van der Waals surface area contributed by atoms with E-state index in [-0.39, 0.29) is 5.41 Å². The van der Waals surface area contributed by atoms with E-state index in [9.17, 15) is 0 Å². The molecular formula is C15H27N3S. The second-order valence-corrected chi connectivity index (χ2v) is 7.56. The van der Waals surface area contributed by atoms with E-state index in [1.165, 1.54) is 42.7 Å². The van der Waals surface area contributed by atoms with Crippen LogP contribution in [0, 0.1) is 5.92 Å². The van der Waals surface area contributed by atoms with Crippen molar-refractivity contribution in [1.82, 2.24) is 14.9 Å². The fraction of sp³-hybridized carbons (Fsp3) is 0.867. The highest BCUT2D eigenvalue weighted by Crippen LogP contribution is 2.38. The molecule has 1 aliphatic rings. The Bertz CT molecular complexity index is 390. The molecule has 2 rings (SSSR count). The summed E-state index contributed by atoms with van der Waals surface area (Å²) < 4.78 is 4.22. The van der Waals surface area contributed by atoms with E-state index in [4.69, 9.17) is 0 Å². The quantitative estimate of drug-likeness (QED) is 0.854. The van der Waals surface area contributed by atoms with Crippen molar-refractivity contribution in [2.45, 2.75) is 71.3 Å². The molecular weight excluding hydrogens is 254 g/mol. The first-order chi connectivity index (χ1) is 9.02. The highest BCUT2D eigenvalue weighted by atomic mass is 32.1. The zero-order chi connectivity index (χ0) is 13.9. The molecule has 0 saturated heterocycles. The molecule has 0 spiro atoms. The minimum absolute atomic E-state index is 0.0914. The summed E-state index contributed by atoms with van der Waals surface area (Å²) in [5, 5.41) is 8.11. The third-order valence-corrected chi connectivity index (χ3v) is 4.81. The topological polar surface area (TPSA) is 37.8 Å². The van der Waals surface area contributed by atoms with Crippen molar-refractivity contribution in [2.24, 2.45) is 5.92 Å². The van der Waals surface area contributed by atoms with Gasteiger partial charge in [0.2, 0.25) is 0 Å². The Kier molecular flexibility index (Phi) is 4.96. The molecule has 1 fully saturated rings. The Labute approximate surface area is 121 Å². The number of nitrogens with one attached hydrogen (secondary N) is 1. The van der Waals surface area contributed by atoms with Gasteiger partial charge in [-0.05, 0) is 36.8 Å². The van der Waals surface area contributed by atoms with Gasteiger partial charge in [0.05, 0.1) is 10.6 Å². The van der Waals surface area contributed by atoms with Crippen LogP contribution < -0.4 is 5.32 Å². The average molecular weight is 281 g/mol. The Hall–Kier alpha value is -0.480. The number of nitrogens with zero attached hydrogens (tertiary/aromatic N) is 2. The van der Waals surface area contributed by atoms with Crippen molar-refractivity contribution in [3.05, 3.63) is 10.6 Å². The van der Waals surface area contributed by atoms with Gasteiger partial charge in [0.15, 0.2) is 0 Å². The smallest absolute Gasteiger partial charge is 0.0857 e. The molecule has 0 aromatic carbocycles. The van der Waals surface area contributed by atoms with Crippen LogP contribution in [0.3, 0.4) is 0 Å². The molecule has 0 aliphatic heterocycles. The predicted octanol–water partition coefficient (Wildman–Crippen LogP) is 4.07. The number of hydrogen-bond donors (Lipinski definition) is 1. The molecule has 0 radical (unpaired) electrons. The second-order valence-electron chi connectivity index (χ2n) is 6.78. The van der Waals surface area contributed by atoms with Crippen LogP contribution in [0.1, 0.15) is 76.4 Å². The summed E-state index contributed by atoms with van der Waals surface area (Å²) in [6.07, 6.45) is 6.66. The standard InChI is InChI=1S/C15H27N3S/c1-5-9-16-12(10-11-7-6-8-11)13-14(15(2,3)4)17-18-19-13/h11-12,16H,5-10H2,1-4H3. The van der Waals surface area contributed by atoms with Crippen molar-refractivity contribution in [2.75, 3.05) is 6.54 Å². The van der Waals surface area contributed by atoms with E-state index in [1.54, 1.807) is 11.5 Å². The number of rotatable bonds is 6. The first-order valence-corrected chi connectivity index (χ1v) is 8.35. The summed E-state index contributed by atoms with van der Waals surface area (Å²) in [6, 6.07) is 0.458. The lowest BCUT2D eigenvalue weighted by molar-refractivity contribution is 0.261. The molecule has 4 heteroatoms. The van der Waals surface area contributed by atoms with Crippen LogP contribution in [-0.4, -0.2) is 16.1 Å². The number of hydrogen-bond acceptors (Lipinski definition) is 4.